The van der Waals surface area contributed by atoms with E-state index in [1.807, 2.05) is 13.0 Å². The number of fused-ring (bicyclic) bond motifs is 2. The predicted molar refractivity (Wildman–Crippen MR) is 130 cm³/mol. The van der Waals surface area contributed by atoms with Gasteiger partial charge in [0.2, 0.25) is 0 Å². The van der Waals surface area contributed by atoms with Crippen LogP contribution in [0.4, 0.5) is 0 Å². The van der Waals surface area contributed by atoms with Gasteiger partial charge in [-0.3, -0.25) is 0 Å². The Kier molecular flexibility index (Phi) is 7.34. The van der Waals surface area contributed by atoms with Crippen LogP contribution in [-0.4, -0.2) is 97.5 Å². The van der Waals surface area contributed by atoms with E-state index in [1.54, 1.807) is 0 Å². The topological polar surface area (TPSA) is 160 Å². The fraction of sp³-hybridized carbons (Fsp3) is 0.852. The first-order valence-electron chi connectivity index (χ1n) is 13.0. The van der Waals surface area contributed by atoms with Gasteiger partial charge in [-0.05, 0) is 61.3 Å². The van der Waals surface area contributed by atoms with Crippen LogP contribution in [0.5, 0.6) is 0 Å². The summed E-state index contributed by atoms with van der Waals surface area (Å²) < 4.78 is 11.5. The summed E-state index contributed by atoms with van der Waals surface area (Å²) >= 11 is 0. The summed E-state index contributed by atoms with van der Waals surface area (Å²) in [4.78, 5) is 0. The number of ether oxygens (including phenoxy) is 2. The maximum Gasteiger partial charge on any atom is 0.186 e. The number of hydrogen-bond donors (Lipinski definition) is 7. The van der Waals surface area contributed by atoms with E-state index in [-0.39, 0.29) is 17.9 Å². The minimum Gasteiger partial charge on any atom is -0.394 e. The third-order valence-electron chi connectivity index (χ3n) is 10.1. The van der Waals surface area contributed by atoms with Gasteiger partial charge in [0.05, 0.1) is 31.5 Å². The van der Waals surface area contributed by atoms with Crippen molar-refractivity contribution in [1.29, 1.82) is 0 Å². The highest BCUT2D eigenvalue weighted by Gasteiger charge is 2.62. The molecule has 12 atom stereocenters. The normalized spacial score (nSPS) is 53.5. The third kappa shape index (κ3) is 4.21. The molecule has 4 rings (SSSR count). The molecule has 0 amide bonds. The molecule has 9 nitrogen and oxygen atoms in total. The monoisotopic (exact) mass is 512 g/mol. The molecule has 36 heavy (non-hydrogen) atoms. The number of rotatable bonds is 5. The highest BCUT2D eigenvalue weighted by molar-refractivity contribution is 5.36. The summed E-state index contributed by atoms with van der Waals surface area (Å²) in [6.07, 6.45) is -3.57. The molecule has 1 aliphatic heterocycles. The lowest BCUT2D eigenvalue weighted by atomic mass is 9.46. The highest BCUT2D eigenvalue weighted by Crippen LogP contribution is 2.63. The van der Waals surface area contributed by atoms with Crippen LogP contribution < -0.4 is 0 Å². The number of hydrogen-bond acceptors (Lipinski definition) is 9. The highest BCUT2D eigenvalue weighted by atomic mass is 16.7. The lowest BCUT2D eigenvalue weighted by Crippen LogP contribution is -2.67. The van der Waals surface area contributed by atoms with Crippen LogP contribution in [0.3, 0.4) is 0 Å². The fourth-order valence-corrected chi connectivity index (χ4v) is 7.52. The van der Waals surface area contributed by atoms with Crippen LogP contribution >= 0.6 is 0 Å². The molecule has 206 valence electrons. The lowest BCUT2D eigenvalue weighted by molar-refractivity contribution is -0.337. The van der Waals surface area contributed by atoms with Gasteiger partial charge in [0, 0.05) is 5.41 Å². The molecule has 4 aliphatic rings. The molecule has 1 heterocycles. The van der Waals surface area contributed by atoms with Gasteiger partial charge in [0.25, 0.3) is 0 Å². The molecule has 3 aliphatic carbocycles. The molecule has 0 aromatic rings. The quantitative estimate of drug-likeness (QED) is 0.259. The lowest BCUT2D eigenvalue weighted by Gasteiger charge is -2.61. The van der Waals surface area contributed by atoms with Gasteiger partial charge in [0.15, 0.2) is 6.29 Å². The molecule has 9 heteroatoms. The molecule has 0 aromatic heterocycles. The number of aliphatic hydroxyl groups excluding tert-OH is 6. The van der Waals surface area contributed by atoms with Gasteiger partial charge in [0.1, 0.15) is 23.9 Å². The van der Waals surface area contributed by atoms with E-state index in [1.165, 1.54) is 6.92 Å². The Morgan fingerprint density at radius 2 is 1.75 bits per heavy atom. The maximum absolute atomic E-state index is 11.3. The van der Waals surface area contributed by atoms with Gasteiger partial charge < -0.3 is 45.2 Å². The second-order valence-electron chi connectivity index (χ2n) is 12.6. The molecule has 2 fully saturated rings. The van der Waals surface area contributed by atoms with Crippen LogP contribution in [0.2, 0.25) is 0 Å². The largest absolute Gasteiger partial charge is 0.394 e. The summed E-state index contributed by atoms with van der Waals surface area (Å²) in [5.41, 5.74) is -1.32. The minimum absolute atomic E-state index is 0.0953. The Balaban J connectivity index is 1.63. The van der Waals surface area contributed by atoms with Crippen molar-refractivity contribution < 1.29 is 45.2 Å². The summed E-state index contributed by atoms with van der Waals surface area (Å²) in [5, 5.41) is 74.5. The average Bonchev–Trinajstić information content (AvgIpc) is 2.83. The van der Waals surface area contributed by atoms with Crippen LogP contribution in [0.25, 0.3) is 0 Å². The average molecular weight is 513 g/mol. The molecule has 1 saturated carbocycles. The van der Waals surface area contributed by atoms with E-state index in [0.29, 0.717) is 19.3 Å². The zero-order chi connectivity index (χ0) is 26.8. The van der Waals surface area contributed by atoms with Crippen molar-refractivity contribution in [3.8, 4) is 0 Å². The molecule has 0 aromatic carbocycles. The van der Waals surface area contributed by atoms with E-state index in [4.69, 9.17) is 9.47 Å². The van der Waals surface area contributed by atoms with Crippen molar-refractivity contribution in [1.82, 2.24) is 0 Å². The Labute approximate surface area is 213 Å². The first kappa shape index (κ1) is 28.1. The predicted octanol–water partition coefficient (Wildman–Crippen LogP) is 0.385. The van der Waals surface area contributed by atoms with Crippen LogP contribution in [-0.2, 0) is 9.47 Å². The molecule has 1 saturated heterocycles. The van der Waals surface area contributed by atoms with E-state index in [9.17, 15) is 35.7 Å². The van der Waals surface area contributed by atoms with Crippen LogP contribution in [0, 0.1) is 22.2 Å². The van der Waals surface area contributed by atoms with E-state index >= 15 is 0 Å². The summed E-state index contributed by atoms with van der Waals surface area (Å²) in [5.74, 6) is -0.243. The Morgan fingerprint density at radius 1 is 1.08 bits per heavy atom. The van der Waals surface area contributed by atoms with Gasteiger partial charge in [-0.2, -0.15) is 0 Å². The molecule has 0 radical (unpaired) electrons. The first-order valence-corrected chi connectivity index (χ1v) is 13.0. The van der Waals surface area contributed by atoms with E-state index in [0.717, 1.165) is 24.0 Å². The molecular weight excluding hydrogens is 468 g/mol. The fourth-order valence-electron chi connectivity index (χ4n) is 7.52. The Bertz CT molecular complexity index is 884. The van der Waals surface area contributed by atoms with Crippen molar-refractivity contribution in [2.45, 2.75) is 108 Å². The molecule has 0 unspecified atom stereocenters. The summed E-state index contributed by atoms with van der Waals surface area (Å²) in [7, 11) is 0. The van der Waals surface area contributed by atoms with Crippen molar-refractivity contribution in [3.63, 3.8) is 0 Å². The zero-order valence-electron chi connectivity index (χ0n) is 21.8. The Hall–Kier alpha value is -0.880. The summed E-state index contributed by atoms with van der Waals surface area (Å²) in [6.45, 7) is 10.6. The zero-order valence-corrected chi connectivity index (χ0v) is 21.8. The molecule has 0 bridgehead atoms. The third-order valence-corrected chi connectivity index (χ3v) is 10.1. The van der Waals surface area contributed by atoms with Crippen molar-refractivity contribution in [2.24, 2.45) is 22.2 Å². The number of aliphatic hydroxyl groups is 7. The van der Waals surface area contributed by atoms with Crippen molar-refractivity contribution >= 4 is 0 Å². The SMILES string of the molecule is C=C[C@@]1(C)CCC2=C(C1)[C@H](O)C[C@H]1[C@@](C)(CO[C@@H]3O[C@H](CO)[C@@](C)(O)[C@@H](O)[C@@H]3O)[C@@H](O)[C@H](O)C[C@]21C. The van der Waals surface area contributed by atoms with Crippen molar-refractivity contribution in [3.05, 3.63) is 23.8 Å². The van der Waals surface area contributed by atoms with Crippen LogP contribution in [0.15, 0.2) is 23.8 Å². The standard InChI is InChI=1S/C27H44O9/c1-6-24(2)8-7-15-14(10-24)16(29)9-18-25(15,3)11-17(30)21(32)26(18,4)13-35-23-20(31)22(33)27(5,34)19(12-28)36-23/h6,16-23,28-34H,1,7-13H2,2-5H3/t16-,17-,18-,19-,20+,21+,22+,23-,24+,25-,26-,27-/m1/s1. The minimum atomic E-state index is -1.88. The smallest absolute Gasteiger partial charge is 0.186 e. The van der Waals surface area contributed by atoms with E-state index < -0.39 is 66.0 Å². The van der Waals surface area contributed by atoms with Crippen LogP contribution in [0.1, 0.15) is 59.8 Å². The molecule has 0 spiro atoms. The summed E-state index contributed by atoms with van der Waals surface area (Å²) in [6, 6.07) is 0. The van der Waals surface area contributed by atoms with Gasteiger partial charge >= 0.3 is 0 Å². The maximum atomic E-state index is 11.3. The second kappa shape index (κ2) is 9.39. The molecule has 7 N–H and O–H groups in total. The Morgan fingerprint density at radius 3 is 2.36 bits per heavy atom. The molecular formula is C27H44O9. The second-order valence-corrected chi connectivity index (χ2v) is 12.6. The van der Waals surface area contributed by atoms with Crippen molar-refractivity contribution in [2.75, 3.05) is 13.2 Å². The van der Waals surface area contributed by atoms with Gasteiger partial charge in [-0.1, -0.05) is 32.4 Å². The van der Waals surface area contributed by atoms with E-state index in [2.05, 4.69) is 20.4 Å². The number of allylic oxidation sites excluding steroid dienone is 2. The van der Waals surface area contributed by atoms with Gasteiger partial charge in [-0.25, -0.2) is 0 Å². The van der Waals surface area contributed by atoms with Gasteiger partial charge in [-0.15, -0.1) is 6.58 Å². The first-order chi connectivity index (χ1) is 16.6.